The third-order valence-corrected chi connectivity index (χ3v) is 3.84. The van der Waals surface area contributed by atoms with Crippen molar-refractivity contribution in [2.75, 3.05) is 0 Å². The van der Waals surface area contributed by atoms with Crippen LogP contribution in [0.5, 0.6) is 0 Å². The number of halogens is 2. The molecule has 2 N–H and O–H groups in total. The molecule has 0 spiro atoms. The minimum atomic E-state index is 0.335. The summed E-state index contributed by atoms with van der Waals surface area (Å²) in [5.74, 6) is 1.17. The molecule has 3 rings (SSSR count). The zero-order valence-corrected chi connectivity index (χ0v) is 13.1. The summed E-state index contributed by atoms with van der Waals surface area (Å²) in [5, 5.41) is 5.52. The van der Waals surface area contributed by atoms with E-state index in [4.69, 9.17) is 28.9 Å². The largest absolute Gasteiger partial charge is 0.326 e. The van der Waals surface area contributed by atoms with Crippen LogP contribution in [0.25, 0.3) is 17.0 Å². The molecule has 0 aliphatic rings. The first kappa shape index (κ1) is 14.3. The van der Waals surface area contributed by atoms with Gasteiger partial charge in [-0.15, -0.1) is 5.10 Å². The summed E-state index contributed by atoms with van der Waals surface area (Å²) in [6, 6.07) is 5.34. The molecule has 0 bridgehead atoms. The molecule has 0 saturated heterocycles. The van der Waals surface area contributed by atoms with E-state index in [9.17, 15) is 0 Å². The summed E-state index contributed by atoms with van der Waals surface area (Å²) >= 11 is 12.3. The number of hydrogen-bond donors (Lipinski definition) is 1. The first-order valence-electron chi connectivity index (χ1n) is 6.39. The third kappa shape index (κ3) is 2.37. The van der Waals surface area contributed by atoms with Crippen LogP contribution in [0.3, 0.4) is 0 Å². The molecule has 0 aliphatic heterocycles. The van der Waals surface area contributed by atoms with Crippen molar-refractivity contribution in [2.24, 2.45) is 5.73 Å². The van der Waals surface area contributed by atoms with Gasteiger partial charge in [-0.05, 0) is 32.0 Å². The highest BCUT2D eigenvalue weighted by molar-refractivity contribution is 6.36. The fourth-order valence-electron chi connectivity index (χ4n) is 2.35. The zero-order chi connectivity index (χ0) is 15.1. The molecule has 0 fully saturated rings. The predicted molar refractivity (Wildman–Crippen MR) is 83.6 cm³/mol. The Kier molecular flexibility index (Phi) is 3.57. The number of fused-ring (bicyclic) bond motifs is 1. The van der Waals surface area contributed by atoms with Gasteiger partial charge < -0.3 is 5.73 Å². The third-order valence-electron chi connectivity index (χ3n) is 3.29. The lowest BCUT2D eigenvalue weighted by molar-refractivity contribution is 0.883. The Labute approximate surface area is 131 Å². The summed E-state index contributed by atoms with van der Waals surface area (Å²) in [6.07, 6.45) is 0. The van der Waals surface area contributed by atoms with E-state index in [0.717, 1.165) is 22.5 Å². The van der Waals surface area contributed by atoms with Gasteiger partial charge in [0.05, 0.1) is 10.7 Å². The Morgan fingerprint density at radius 1 is 1.19 bits per heavy atom. The summed E-state index contributed by atoms with van der Waals surface area (Å²) in [7, 11) is 0. The Morgan fingerprint density at radius 3 is 2.62 bits per heavy atom. The number of rotatable bonds is 2. The minimum Gasteiger partial charge on any atom is -0.326 e. The summed E-state index contributed by atoms with van der Waals surface area (Å²) in [5.41, 5.74) is 9.21. The van der Waals surface area contributed by atoms with Crippen LogP contribution in [-0.2, 0) is 6.54 Å². The fourth-order valence-corrected chi connectivity index (χ4v) is 2.84. The summed E-state index contributed by atoms with van der Waals surface area (Å²) < 4.78 is 1.68. The van der Waals surface area contributed by atoms with Crippen molar-refractivity contribution in [3.63, 3.8) is 0 Å². The fraction of sp³-hybridized carbons (Fsp3) is 0.214. The molecule has 0 atom stereocenters. The van der Waals surface area contributed by atoms with Gasteiger partial charge in [-0.3, -0.25) is 0 Å². The first-order chi connectivity index (χ1) is 10.0. The lowest BCUT2D eigenvalue weighted by Crippen LogP contribution is -2.10. The second-order valence-electron chi connectivity index (χ2n) is 4.72. The van der Waals surface area contributed by atoms with Crippen LogP contribution in [0.15, 0.2) is 18.2 Å². The van der Waals surface area contributed by atoms with Crippen LogP contribution in [0.1, 0.15) is 17.1 Å². The van der Waals surface area contributed by atoms with E-state index in [1.807, 2.05) is 19.9 Å². The molecular weight excluding hydrogens is 309 g/mol. The van der Waals surface area contributed by atoms with Gasteiger partial charge in [0.2, 0.25) is 0 Å². The van der Waals surface area contributed by atoms with Crippen LogP contribution in [0.4, 0.5) is 0 Å². The van der Waals surface area contributed by atoms with E-state index in [0.29, 0.717) is 28.2 Å². The predicted octanol–water partition coefficient (Wildman–Crippen LogP) is 3.17. The SMILES string of the molecule is Cc1nc2nc(C)c(CN)c(-c3ccc(Cl)cc3Cl)n2n1. The van der Waals surface area contributed by atoms with E-state index in [1.165, 1.54) is 0 Å². The van der Waals surface area contributed by atoms with Crippen molar-refractivity contribution >= 4 is 29.0 Å². The molecule has 2 aromatic heterocycles. The highest BCUT2D eigenvalue weighted by Crippen LogP contribution is 2.33. The zero-order valence-electron chi connectivity index (χ0n) is 11.6. The summed E-state index contributed by atoms with van der Waals surface area (Å²) in [6.45, 7) is 4.06. The lowest BCUT2D eigenvalue weighted by atomic mass is 10.0. The Morgan fingerprint density at radius 2 is 1.95 bits per heavy atom. The summed E-state index contributed by atoms with van der Waals surface area (Å²) in [4.78, 5) is 8.75. The van der Waals surface area contributed by atoms with Crippen LogP contribution in [0.2, 0.25) is 10.0 Å². The first-order valence-corrected chi connectivity index (χ1v) is 7.15. The van der Waals surface area contributed by atoms with Crippen LogP contribution in [-0.4, -0.2) is 19.6 Å². The Bertz CT molecular complexity index is 841. The molecule has 1 aromatic carbocycles. The molecule has 0 radical (unpaired) electrons. The maximum absolute atomic E-state index is 6.35. The van der Waals surface area contributed by atoms with Gasteiger partial charge in [-0.25, -0.2) is 4.98 Å². The smallest absolute Gasteiger partial charge is 0.253 e. The molecule has 0 amide bonds. The van der Waals surface area contributed by atoms with E-state index in [2.05, 4.69) is 15.1 Å². The van der Waals surface area contributed by atoms with E-state index < -0.39 is 0 Å². The van der Waals surface area contributed by atoms with Crippen molar-refractivity contribution in [1.82, 2.24) is 19.6 Å². The van der Waals surface area contributed by atoms with Gasteiger partial charge in [0.15, 0.2) is 0 Å². The topological polar surface area (TPSA) is 69.1 Å². The molecule has 0 unspecified atom stereocenters. The van der Waals surface area contributed by atoms with Crippen molar-refractivity contribution < 1.29 is 0 Å². The second-order valence-corrected chi connectivity index (χ2v) is 5.57. The van der Waals surface area contributed by atoms with Crippen LogP contribution in [0, 0.1) is 13.8 Å². The molecule has 0 saturated carbocycles. The number of nitrogens with zero attached hydrogens (tertiary/aromatic N) is 4. The average molecular weight is 322 g/mol. The normalized spacial score (nSPS) is 11.3. The molecule has 108 valence electrons. The lowest BCUT2D eigenvalue weighted by Gasteiger charge is -2.13. The van der Waals surface area contributed by atoms with Gasteiger partial charge >= 0.3 is 0 Å². The highest BCUT2D eigenvalue weighted by atomic mass is 35.5. The number of nitrogens with two attached hydrogens (primary N) is 1. The molecule has 3 aromatic rings. The minimum absolute atomic E-state index is 0.335. The second kappa shape index (κ2) is 5.26. The molecule has 21 heavy (non-hydrogen) atoms. The Hall–Kier alpha value is -1.69. The van der Waals surface area contributed by atoms with Crippen molar-refractivity contribution in [3.8, 4) is 11.3 Å². The number of benzene rings is 1. The number of aryl methyl sites for hydroxylation is 2. The van der Waals surface area contributed by atoms with E-state index in [-0.39, 0.29) is 0 Å². The molecule has 5 nitrogen and oxygen atoms in total. The highest BCUT2D eigenvalue weighted by Gasteiger charge is 2.18. The number of hydrogen-bond acceptors (Lipinski definition) is 4. The van der Waals surface area contributed by atoms with Gasteiger partial charge in [-0.1, -0.05) is 23.2 Å². The maximum atomic E-state index is 6.35. The van der Waals surface area contributed by atoms with Crippen LogP contribution < -0.4 is 5.73 Å². The van der Waals surface area contributed by atoms with Crippen LogP contribution >= 0.6 is 23.2 Å². The molecule has 7 heteroatoms. The van der Waals surface area contributed by atoms with Gasteiger partial charge in [0, 0.05) is 28.4 Å². The molecule has 2 heterocycles. The van der Waals surface area contributed by atoms with Crippen molar-refractivity contribution in [2.45, 2.75) is 20.4 Å². The van der Waals surface area contributed by atoms with Gasteiger partial charge in [0.1, 0.15) is 5.82 Å². The average Bonchev–Trinajstić information content (AvgIpc) is 2.77. The van der Waals surface area contributed by atoms with E-state index in [1.54, 1.807) is 16.6 Å². The Balaban J connectivity index is 2.43. The monoisotopic (exact) mass is 321 g/mol. The maximum Gasteiger partial charge on any atom is 0.253 e. The van der Waals surface area contributed by atoms with Crippen molar-refractivity contribution in [3.05, 3.63) is 45.3 Å². The number of aromatic nitrogens is 4. The quantitative estimate of drug-likeness (QED) is 0.787. The standard InChI is InChI=1S/C14H13Cl2N5/c1-7-11(6-17)13(10-4-3-9(15)5-12(10)16)21-14(18-7)19-8(2)20-21/h3-5H,6,17H2,1-2H3. The molecular formula is C14H13Cl2N5. The van der Waals surface area contributed by atoms with Gasteiger partial charge in [0.25, 0.3) is 5.78 Å². The van der Waals surface area contributed by atoms with Gasteiger partial charge in [-0.2, -0.15) is 9.50 Å². The van der Waals surface area contributed by atoms with E-state index >= 15 is 0 Å². The van der Waals surface area contributed by atoms with Crippen molar-refractivity contribution in [1.29, 1.82) is 0 Å². The molecule has 0 aliphatic carbocycles.